The van der Waals surface area contributed by atoms with Crippen LogP contribution < -0.4 is 5.32 Å². The molecular formula is C12H20N2S. The van der Waals surface area contributed by atoms with Crippen LogP contribution in [0.1, 0.15) is 44.7 Å². The van der Waals surface area contributed by atoms with Crippen LogP contribution in [0.3, 0.4) is 0 Å². The van der Waals surface area contributed by atoms with Gasteiger partial charge in [-0.2, -0.15) is 0 Å². The first kappa shape index (κ1) is 10.9. The van der Waals surface area contributed by atoms with E-state index in [2.05, 4.69) is 29.5 Å². The van der Waals surface area contributed by atoms with Gasteiger partial charge in [0.1, 0.15) is 0 Å². The van der Waals surface area contributed by atoms with E-state index in [1.54, 1.807) is 11.3 Å². The Morgan fingerprint density at radius 2 is 2.27 bits per heavy atom. The van der Waals surface area contributed by atoms with Crippen LogP contribution in [-0.2, 0) is 0 Å². The van der Waals surface area contributed by atoms with Crippen LogP contribution in [0.2, 0.25) is 0 Å². The van der Waals surface area contributed by atoms with E-state index in [1.807, 2.05) is 0 Å². The first-order chi connectivity index (χ1) is 7.29. The third-order valence-electron chi connectivity index (χ3n) is 3.36. The topological polar surface area (TPSA) is 24.9 Å². The Labute approximate surface area is 96.1 Å². The molecule has 0 bridgehead atoms. The van der Waals surface area contributed by atoms with Gasteiger partial charge in [0.15, 0.2) is 5.13 Å². The number of hydrogen-bond donors (Lipinski definition) is 1. The summed E-state index contributed by atoms with van der Waals surface area (Å²) in [6.45, 7) is 4.36. The fraction of sp³-hybridized carbons (Fsp3) is 0.750. The van der Waals surface area contributed by atoms with E-state index in [0.29, 0.717) is 6.04 Å². The van der Waals surface area contributed by atoms with Gasteiger partial charge in [0, 0.05) is 11.4 Å². The van der Waals surface area contributed by atoms with Gasteiger partial charge in [-0.25, -0.2) is 4.98 Å². The maximum absolute atomic E-state index is 4.48. The number of rotatable bonds is 3. The minimum atomic E-state index is 0.661. The second-order valence-corrected chi connectivity index (χ2v) is 5.36. The van der Waals surface area contributed by atoms with E-state index in [0.717, 1.165) is 16.7 Å². The highest BCUT2D eigenvalue weighted by Gasteiger charge is 2.23. The normalized spacial score (nSPS) is 26.5. The molecule has 1 aromatic rings. The van der Waals surface area contributed by atoms with Crippen LogP contribution in [-0.4, -0.2) is 11.0 Å². The Morgan fingerprint density at radius 3 is 2.93 bits per heavy atom. The summed E-state index contributed by atoms with van der Waals surface area (Å²) in [5.74, 6) is 0.850. The van der Waals surface area contributed by atoms with Crippen molar-refractivity contribution in [2.75, 3.05) is 5.32 Å². The molecule has 2 rings (SSSR count). The van der Waals surface area contributed by atoms with Gasteiger partial charge < -0.3 is 5.32 Å². The molecule has 3 heteroatoms. The quantitative estimate of drug-likeness (QED) is 0.844. The third-order valence-corrected chi connectivity index (χ3v) is 4.25. The van der Waals surface area contributed by atoms with E-state index in [9.17, 15) is 0 Å². The number of nitrogens with zero attached hydrogens (tertiary/aromatic N) is 1. The molecule has 1 fully saturated rings. The van der Waals surface area contributed by atoms with Crippen LogP contribution in [0.4, 0.5) is 5.13 Å². The molecule has 0 saturated heterocycles. The number of aryl methyl sites for hydroxylation is 1. The molecule has 84 valence electrons. The average Bonchev–Trinajstić information content (AvgIpc) is 2.65. The molecule has 0 amide bonds. The minimum Gasteiger partial charge on any atom is -0.359 e. The van der Waals surface area contributed by atoms with E-state index in [-0.39, 0.29) is 0 Å². The van der Waals surface area contributed by atoms with Crippen molar-refractivity contribution in [2.45, 2.75) is 52.0 Å². The predicted molar refractivity (Wildman–Crippen MR) is 66.5 cm³/mol. The lowest BCUT2D eigenvalue weighted by atomic mass is 9.83. The van der Waals surface area contributed by atoms with Crippen LogP contribution in [0.5, 0.6) is 0 Å². The van der Waals surface area contributed by atoms with Gasteiger partial charge in [-0.3, -0.25) is 0 Å². The highest BCUT2D eigenvalue weighted by molar-refractivity contribution is 7.13. The van der Waals surface area contributed by atoms with Crippen LogP contribution in [0.15, 0.2) is 5.38 Å². The lowest BCUT2D eigenvalue weighted by Crippen LogP contribution is -2.31. The zero-order valence-corrected chi connectivity index (χ0v) is 10.4. The van der Waals surface area contributed by atoms with E-state index in [4.69, 9.17) is 0 Å². The van der Waals surface area contributed by atoms with E-state index < -0.39 is 0 Å². The molecule has 2 nitrogen and oxygen atoms in total. The van der Waals surface area contributed by atoms with Crippen molar-refractivity contribution < 1.29 is 0 Å². The number of nitrogens with one attached hydrogen (secondary N) is 1. The summed E-state index contributed by atoms with van der Waals surface area (Å²) >= 11 is 1.73. The zero-order valence-electron chi connectivity index (χ0n) is 9.62. The van der Waals surface area contributed by atoms with Crippen molar-refractivity contribution in [3.8, 4) is 0 Å². The summed E-state index contributed by atoms with van der Waals surface area (Å²) in [6, 6.07) is 0.661. The number of anilines is 1. The fourth-order valence-corrected chi connectivity index (χ4v) is 3.22. The second-order valence-electron chi connectivity index (χ2n) is 4.50. The first-order valence-corrected chi connectivity index (χ1v) is 6.86. The van der Waals surface area contributed by atoms with Crippen molar-refractivity contribution in [2.24, 2.45) is 5.92 Å². The van der Waals surface area contributed by atoms with Gasteiger partial charge in [0.05, 0.1) is 5.69 Å². The number of aromatic nitrogens is 1. The van der Waals surface area contributed by atoms with Crippen LogP contribution >= 0.6 is 11.3 Å². The molecule has 1 saturated carbocycles. The maximum atomic E-state index is 4.48. The smallest absolute Gasteiger partial charge is 0.183 e. The van der Waals surface area contributed by atoms with Gasteiger partial charge in [-0.1, -0.05) is 26.2 Å². The van der Waals surface area contributed by atoms with E-state index in [1.165, 1.54) is 32.1 Å². The van der Waals surface area contributed by atoms with Gasteiger partial charge in [-0.05, 0) is 25.7 Å². The van der Waals surface area contributed by atoms with Crippen molar-refractivity contribution >= 4 is 16.5 Å². The summed E-state index contributed by atoms with van der Waals surface area (Å²) < 4.78 is 0. The molecule has 15 heavy (non-hydrogen) atoms. The molecule has 0 spiro atoms. The summed E-state index contributed by atoms with van der Waals surface area (Å²) in [5, 5.41) is 6.84. The molecule has 1 aliphatic rings. The number of thiazole rings is 1. The zero-order chi connectivity index (χ0) is 10.7. The van der Waals surface area contributed by atoms with Crippen LogP contribution in [0.25, 0.3) is 0 Å². The molecule has 0 aliphatic heterocycles. The molecule has 2 atom stereocenters. The van der Waals surface area contributed by atoms with Crippen molar-refractivity contribution in [3.63, 3.8) is 0 Å². The molecule has 0 radical (unpaired) electrons. The largest absolute Gasteiger partial charge is 0.359 e. The summed E-state index contributed by atoms with van der Waals surface area (Å²) in [4.78, 5) is 4.48. The molecule has 1 aliphatic carbocycles. The summed E-state index contributed by atoms with van der Waals surface area (Å²) in [7, 11) is 0. The van der Waals surface area contributed by atoms with Crippen LogP contribution in [0, 0.1) is 12.8 Å². The van der Waals surface area contributed by atoms with Crippen molar-refractivity contribution in [1.29, 1.82) is 0 Å². The van der Waals surface area contributed by atoms with Gasteiger partial charge in [0.2, 0.25) is 0 Å². The van der Waals surface area contributed by atoms with Gasteiger partial charge in [0.25, 0.3) is 0 Å². The Hall–Kier alpha value is -0.570. The Balaban J connectivity index is 1.97. The molecule has 1 N–H and O–H groups in total. The highest BCUT2D eigenvalue weighted by atomic mass is 32.1. The average molecular weight is 224 g/mol. The van der Waals surface area contributed by atoms with Gasteiger partial charge >= 0.3 is 0 Å². The number of hydrogen-bond acceptors (Lipinski definition) is 3. The predicted octanol–water partition coefficient (Wildman–Crippen LogP) is 3.83. The molecule has 1 aromatic heterocycles. The Bertz CT molecular complexity index is 308. The third kappa shape index (κ3) is 2.71. The Kier molecular flexibility index (Phi) is 3.62. The lowest BCUT2D eigenvalue weighted by molar-refractivity contribution is 0.317. The highest BCUT2D eigenvalue weighted by Crippen LogP contribution is 2.30. The summed E-state index contributed by atoms with van der Waals surface area (Å²) in [5.41, 5.74) is 1.13. The standard InChI is InChI=1S/C12H20N2S/c1-3-10-6-4-5-7-11(10)14-12-13-9(2)8-15-12/h8,10-11H,3-7H2,1-2H3,(H,13,14). The SMILES string of the molecule is CCC1CCCCC1Nc1nc(C)cs1. The Morgan fingerprint density at radius 1 is 1.47 bits per heavy atom. The van der Waals surface area contributed by atoms with Crippen molar-refractivity contribution in [1.82, 2.24) is 4.98 Å². The second kappa shape index (κ2) is 4.97. The fourth-order valence-electron chi connectivity index (χ4n) is 2.47. The van der Waals surface area contributed by atoms with E-state index >= 15 is 0 Å². The van der Waals surface area contributed by atoms with Gasteiger partial charge in [-0.15, -0.1) is 11.3 Å². The minimum absolute atomic E-state index is 0.661. The maximum Gasteiger partial charge on any atom is 0.183 e. The molecule has 2 unspecified atom stereocenters. The molecule has 1 heterocycles. The monoisotopic (exact) mass is 224 g/mol. The molecular weight excluding hydrogens is 204 g/mol. The van der Waals surface area contributed by atoms with Crippen molar-refractivity contribution in [3.05, 3.63) is 11.1 Å². The first-order valence-electron chi connectivity index (χ1n) is 5.98. The summed E-state index contributed by atoms with van der Waals surface area (Å²) in [6.07, 6.45) is 6.78. The lowest BCUT2D eigenvalue weighted by Gasteiger charge is -2.31. The molecule has 0 aromatic carbocycles.